The van der Waals surface area contributed by atoms with Crippen LogP contribution in [-0.2, 0) is 25.6 Å². The van der Waals surface area contributed by atoms with Gasteiger partial charge in [0, 0.05) is 29.9 Å². The van der Waals surface area contributed by atoms with Crippen molar-refractivity contribution >= 4 is 34.6 Å². The number of fused-ring (bicyclic) bond motifs is 1. The number of aliphatic carboxylic acids is 1. The van der Waals surface area contributed by atoms with Crippen molar-refractivity contribution in [1.29, 1.82) is 0 Å². The van der Waals surface area contributed by atoms with Crippen LogP contribution >= 0.6 is 0 Å². The Balaban J connectivity index is 2.10. The molecule has 1 aromatic heterocycles. The molecule has 1 heterocycles. The van der Waals surface area contributed by atoms with E-state index in [0.29, 0.717) is 6.42 Å². The van der Waals surface area contributed by atoms with Crippen LogP contribution in [0.15, 0.2) is 30.5 Å². The predicted molar refractivity (Wildman–Crippen MR) is 119 cm³/mol. The van der Waals surface area contributed by atoms with E-state index >= 15 is 0 Å². The first-order valence-corrected chi connectivity index (χ1v) is 10.5. The van der Waals surface area contributed by atoms with Crippen LogP contribution in [0.1, 0.15) is 38.7 Å². The molecule has 0 fully saturated rings. The topological polar surface area (TPSA) is 180 Å². The van der Waals surface area contributed by atoms with E-state index in [1.807, 2.05) is 38.1 Å². The van der Waals surface area contributed by atoms with Crippen LogP contribution in [0, 0.1) is 5.92 Å². The Hall–Kier alpha value is -3.40. The molecule has 2 rings (SSSR count). The maximum absolute atomic E-state index is 12.9. The van der Waals surface area contributed by atoms with E-state index in [-0.39, 0.29) is 25.2 Å². The van der Waals surface area contributed by atoms with Crippen molar-refractivity contribution in [1.82, 2.24) is 15.6 Å². The summed E-state index contributed by atoms with van der Waals surface area (Å²) in [6.07, 6.45) is 2.08. The molecule has 0 aliphatic heterocycles. The van der Waals surface area contributed by atoms with Gasteiger partial charge < -0.3 is 32.2 Å². The third kappa shape index (κ3) is 7.09. The summed E-state index contributed by atoms with van der Waals surface area (Å²) >= 11 is 0. The Morgan fingerprint density at radius 1 is 1.06 bits per heavy atom. The molecule has 3 amide bonds. The Morgan fingerprint density at radius 3 is 2.34 bits per heavy atom. The average molecular weight is 446 g/mol. The predicted octanol–water partition coefficient (Wildman–Crippen LogP) is 0.404. The second-order valence-electron chi connectivity index (χ2n) is 8.27. The van der Waals surface area contributed by atoms with Gasteiger partial charge in [-0.05, 0) is 30.4 Å². The third-order valence-electron chi connectivity index (χ3n) is 5.09. The van der Waals surface area contributed by atoms with Crippen LogP contribution in [-0.4, -0.2) is 51.9 Å². The molecule has 2 aromatic rings. The van der Waals surface area contributed by atoms with Gasteiger partial charge in [0.15, 0.2) is 0 Å². The standard InChI is InChI=1S/C22H31N5O5/c1-12(2)9-17(26-20(29)15(23)7-8-19(24)28)21(30)27-18(22(31)32)10-13-11-25-16-6-4-3-5-14(13)16/h3-6,11-12,15,17-18,25H,7-10,23H2,1-2H3,(H2,24,28)(H,26,29)(H,27,30)(H,31,32). The summed E-state index contributed by atoms with van der Waals surface area (Å²) in [4.78, 5) is 51.1. The van der Waals surface area contributed by atoms with Gasteiger partial charge in [0.05, 0.1) is 6.04 Å². The molecule has 10 heteroatoms. The van der Waals surface area contributed by atoms with Crippen LogP contribution < -0.4 is 22.1 Å². The first-order chi connectivity index (χ1) is 15.1. The first kappa shape index (κ1) is 24.9. The van der Waals surface area contributed by atoms with E-state index in [9.17, 15) is 24.3 Å². The van der Waals surface area contributed by atoms with Crippen LogP contribution in [0.2, 0.25) is 0 Å². The number of carbonyl (C=O) groups is 4. The quantitative estimate of drug-likeness (QED) is 0.275. The van der Waals surface area contributed by atoms with Gasteiger partial charge in [-0.2, -0.15) is 0 Å². The van der Waals surface area contributed by atoms with Crippen molar-refractivity contribution in [3.05, 3.63) is 36.0 Å². The molecule has 0 saturated heterocycles. The van der Waals surface area contributed by atoms with E-state index in [1.165, 1.54) is 0 Å². The number of nitrogens with one attached hydrogen (secondary N) is 3. The lowest BCUT2D eigenvalue weighted by molar-refractivity contribution is -0.142. The lowest BCUT2D eigenvalue weighted by Gasteiger charge is -2.24. The smallest absolute Gasteiger partial charge is 0.326 e. The molecule has 174 valence electrons. The molecule has 0 radical (unpaired) electrons. The number of hydrogen-bond acceptors (Lipinski definition) is 5. The summed E-state index contributed by atoms with van der Waals surface area (Å²) in [6.45, 7) is 3.75. The number of aromatic nitrogens is 1. The van der Waals surface area contributed by atoms with E-state index in [4.69, 9.17) is 11.5 Å². The van der Waals surface area contributed by atoms with Crippen molar-refractivity contribution in [2.24, 2.45) is 17.4 Å². The van der Waals surface area contributed by atoms with Crippen molar-refractivity contribution < 1.29 is 24.3 Å². The molecule has 3 unspecified atom stereocenters. The zero-order valence-corrected chi connectivity index (χ0v) is 18.3. The molecule has 0 aliphatic carbocycles. The van der Waals surface area contributed by atoms with Gasteiger partial charge in [-0.1, -0.05) is 32.0 Å². The minimum Gasteiger partial charge on any atom is -0.480 e. The second kappa shape index (κ2) is 11.3. The van der Waals surface area contributed by atoms with Gasteiger partial charge in [-0.3, -0.25) is 14.4 Å². The second-order valence-corrected chi connectivity index (χ2v) is 8.27. The highest BCUT2D eigenvalue weighted by atomic mass is 16.4. The summed E-state index contributed by atoms with van der Waals surface area (Å²) in [7, 11) is 0. The Bertz CT molecular complexity index is 971. The number of nitrogens with two attached hydrogens (primary N) is 2. The molecule has 10 nitrogen and oxygen atoms in total. The summed E-state index contributed by atoms with van der Waals surface area (Å²) in [6, 6.07) is 4.31. The summed E-state index contributed by atoms with van der Waals surface area (Å²) in [5.74, 6) is -2.93. The van der Waals surface area contributed by atoms with E-state index in [2.05, 4.69) is 15.6 Å². The lowest BCUT2D eigenvalue weighted by atomic mass is 10.0. The fourth-order valence-corrected chi connectivity index (χ4v) is 3.40. The summed E-state index contributed by atoms with van der Waals surface area (Å²) < 4.78 is 0. The number of aromatic amines is 1. The van der Waals surface area contributed by atoms with E-state index in [1.54, 1.807) is 6.20 Å². The largest absolute Gasteiger partial charge is 0.480 e. The van der Waals surface area contributed by atoms with Gasteiger partial charge in [0.25, 0.3) is 0 Å². The number of amides is 3. The number of hydrogen-bond donors (Lipinski definition) is 6. The fourth-order valence-electron chi connectivity index (χ4n) is 3.40. The van der Waals surface area contributed by atoms with Gasteiger partial charge in [0.1, 0.15) is 12.1 Å². The number of carbonyl (C=O) groups excluding carboxylic acids is 3. The highest BCUT2D eigenvalue weighted by Crippen LogP contribution is 2.19. The number of rotatable bonds is 12. The monoisotopic (exact) mass is 445 g/mol. The van der Waals surface area contributed by atoms with Gasteiger partial charge >= 0.3 is 5.97 Å². The summed E-state index contributed by atoms with van der Waals surface area (Å²) in [5.41, 5.74) is 12.5. The third-order valence-corrected chi connectivity index (χ3v) is 5.09. The number of para-hydroxylation sites is 1. The number of primary amides is 1. The summed E-state index contributed by atoms with van der Waals surface area (Å²) in [5, 5.41) is 15.7. The van der Waals surface area contributed by atoms with Crippen LogP contribution in [0.5, 0.6) is 0 Å². The van der Waals surface area contributed by atoms with Crippen molar-refractivity contribution in [2.75, 3.05) is 0 Å². The molecular formula is C22H31N5O5. The molecule has 0 aliphatic rings. The van der Waals surface area contributed by atoms with Crippen LogP contribution in [0.25, 0.3) is 10.9 Å². The zero-order chi connectivity index (χ0) is 23.8. The normalized spacial score (nSPS) is 14.0. The van der Waals surface area contributed by atoms with Crippen molar-refractivity contribution in [2.45, 2.75) is 57.7 Å². The van der Waals surface area contributed by atoms with Gasteiger partial charge in [-0.15, -0.1) is 0 Å². The highest BCUT2D eigenvalue weighted by molar-refractivity contribution is 5.92. The molecule has 0 bridgehead atoms. The Morgan fingerprint density at radius 2 is 1.72 bits per heavy atom. The SMILES string of the molecule is CC(C)CC(NC(=O)C(N)CCC(N)=O)C(=O)NC(Cc1c[nH]c2ccccc12)C(=O)O. The number of carboxylic acid groups (broad SMARTS) is 1. The first-order valence-electron chi connectivity index (χ1n) is 10.5. The molecule has 1 aromatic carbocycles. The fraction of sp³-hybridized carbons (Fsp3) is 0.455. The number of H-pyrrole nitrogens is 1. The molecular weight excluding hydrogens is 414 g/mol. The maximum atomic E-state index is 12.9. The van der Waals surface area contributed by atoms with Crippen molar-refractivity contribution in [3.8, 4) is 0 Å². The van der Waals surface area contributed by atoms with Gasteiger partial charge in [-0.25, -0.2) is 4.79 Å². The number of benzene rings is 1. The molecule has 32 heavy (non-hydrogen) atoms. The molecule has 0 spiro atoms. The highest BCUT2D eigenvalue weighted by Gasteiger charge is 2.29. The number of carboxylic acids is 1. The van der Waals surface area contributed by atoms with Gasteiger partial charge in [0.2, 0.25) is 17.7 Å². The Labute approximate surface area is 186 Å². The van der Waals surface area contributed by atoms with E-state index in [0.717, 1.165) is 16.5 Å². The minimum absolute atomic E-state index is 0.0461. The van der Waals surface area contributed by atoms with Crippen LogP contribution in [0.3, 0.4) is 0 Å². The minimum atomic E-state index is -1.18. The molecule has 0 saturated carbocycles. The average Bonchev–Trinajstić information content (AvgIpc) is 3.13. The van der Waals surface area contributed by atoms with E-state index < -0.39 is 41.8 Å². The van der Waals surface area contributed by atoms with Crippen molar-refractivity contribution in [3.63, 3.8) is 0 Å². The van der Waals surface area contributed by atoms with Crippen LogP contribution in [0.4, 0.5) is 0 Å². The zero-order valence-electron chi connectivity index (χ0n) is 18.3. The molecule has 3 atom stereocenters. The maximum Gasteiger partial charge on any atom is 0.326 e. The molecule has 8 N–H and O–H groups in total. The lowest BCUT2D eigenvalue weighted by Crippen LogP contribution is -2.55. The Kier molecular flexibility index (Phi) is 8.77.